The maximum atomic E-state index is 6.00. The first kappa shape index (κ1) is 13.3. The number of hydrogen-bond donors (Lipinski definition) is 1. The van der Waals surface area contributed by atoms with Gasteiger partial charge in [0.25, 0.3) is 0 Å². The van der Waals surface area contributed by atoms with Crippen LogP contribution >= 0.6 is 0 Å². The van der Waals surface area contributed by atoms with Crippen LogP contribution in [-0.4, -0.2) is 16.1 Å². The maximum absolute atomic E-state index is 6.00. The smallest absolute Gasteiger partial charge is 0.317 e. The summed E-state index contributed by atoms with van der Waals surface area (Å²) in [7, 11) is 0. The largest absolute Gasteiger partial charge is 0.460 e. The topological polar surface area (TPSA) is 61.0 Å². The lowest BCUT2D eigenvalue weighted by atomic mass is 9.85. The van der Waals surface area contributed by atoms with Crippen LogP contribution in [0.25, 0.3) is 0 Å². The molecule has 1 aliphatic rings. The van der Waals surface area contributed by atoms with Gasteiger partial charge >= 0.3 is 6.01 Å². The van der Waals surface area contributed by atoms with E-state index in [0.29, 0.717) is 18.5 Å². The van der Waals surface area contributed by atoms with Crippen LogP contribution in [0.5, 0.6) is 6.01 Å². The standard InChI is InChI=1S/C14H23N3O/c1-3-11-6-4-5-7-13(11)18-14-16-10(2)8-12(9-15)17-14/h8,11,13H,3-7,9,15H2,1-2H3. The molecule has 4 nitrogen and oxygen atoms in total. The summed E-state index contributed by atoms with van der Waals surface area (Å²) in [5, 5.41) is 0. The minimum atomic E-state index is 0.274. The zero-order chi connectivity index (χ0) is 13.0. The van der Waals surface area contributed by atoms with Crippen LogP contribution in [-0.2, 0) is 6.54 Å². The molecule has 18 heavy (non-hydrogen) atoms. The quantitative estimate of drug-likeness (QED) is 0.891. The number of aryl methyl sites for hydroxylation is 1. The zero-order valence-corrected chi connectivity index (χ0v) is 11.4. The number of ether oxygens (including phenoxy) is 1. The number of hydrogen-bond acceptors (Lipinski definition) is 4. The van der Waals surface area contributed by atoms with Gasteiger partial charge in [-0.05, 0) is 44.6 Å². The molecule has 2 unspecified atom stereocenters. The number of nitrogens with two attached hydrogens (primary N) is 1. The van der Waals surface area contributed by atoms with Gasteiger partial charge in [-0.2, -0.15) is 4.98 Å². The molecule has 0 radical (unpaired) electrons. The summed E-state index contributed by atoms with van der Waals surface area (Å²) in [6, 6.07) is 2.41. The first-order valence-corrected chi connectivity index (χ1v) is 6.94. The molecule has 1 aliphatic carbocycles. The van der Waals surface area contributed by atoms with Gasteiger partial charge in [-0.3, -0.25) is 0 Å². The molecule has 0 aromatic carbocycles. The van der Waals surface area contributed by atoms with Crippen molar-refractivity contribution in [3.63, 3.8) is 0 Å². The molecule has 2 atom stereocenters. The van der Waals surface area contributed by atoms with Crippen molar-refractivity contribution in [2.24, 2.45) is 11.7 Å². The van der Waals surface area contributed by atoms with E-state index >= 15 is 0 Å². The van der Waals surface area contributed by atoms with E-state index in [-0.39, 0.29) is 6.10 Å². The monoisotopic (exact) mass is 249 g/mol. The van der Waals surface area contributed by atoms with E-state index in [1.807, 2.05) is 13.0 Å². The summed E-state index contributed by atoms with van der Waals surface area (Å²) >= 11 is 0. The molecule has 100 valence electrons. The molecule has 1 fully saturated rings. The van der Waals surface area contributed by atoms with E-state index in [2.05, 4.69) is 16.9 Å². The van der Waals surface area contributed by atoms with Gasteiger partial charge in [0.1, 0.15) is 6.10 Å². The van der Waals surface area contributed by atoms with E-state index in [9.17, 15) is 0 Å². The average molecular weight is 249 g/mol. The Labute approximate surface area is 109 Å². The number of nitrogens with zero attached hydrogens (tertiary/aromatic N) is 2. The Balaban J connectivity index is 2.09. The first-order valence-electron chi connectivity index (χ1n) is 6.94. The van der Waals surface area contributed by atoms with Crippen LogP contribution < -0.4 is 10.5 Å². The van der Waals surface area contributed by atoms with Gasteiger partial charge in [0.2, 0.25) is 0 Å². The molecule has 0 amide bonds. The zero-order valence-electron chi connectivity index (χ0n) is 11.4. The highest BCUT2D eigenvalue weighted by molar-refractivity contribution is 5.12. The van der Waals surface area contributed by atoms with Crippen molar-refractivity contribution in [3.05, 3.63) is 17.5 Å². The minimum absolute atomic E-state index is 0.274. The fraction of sp³-hybridized carbons (Fsp3) is 0.714. The number of rotatable bonds is 4. The molecule has 4 heteroatoms. The highest BCUT2D eigenvalue weighted by atomic mass is 16.5. The van der Waals surface area contributed by atoms with Crippen molar-refractivity contribution in [1.29, 1.82) is 0 Å². The highest BCUT2D eigenvalue weighted by Gasteiger charge is 2.26. The Morgan fingerprint density at radius 3 is 2.83 bits per heavy atom. The number of aromatic nitrogens is 2. The lowest BCUT2D eigenvalue weighted by molar-refractivity contribution is 0.0805. The van der Waals surface area contributed by atoms with Crippen molar-refractivity contribution < 1.29 is 4.74 Å². The summed E-state index contributed by atoms with van der Waals surface area (Å²) in [4.78, 5) is 8.71. The molecule has 0 aliphatic heterocycles. The maximum Gasteiger partial charge on any atom is 0.317 e. The van der Waals surface area contributed by atoms with E-state index < -0.39 is 0 Å². The Kier molecular flexibility index (Phi) is 4.53. The highest BCUT2D eigenvalue weighted by Crippen LogP contribution is 2.29. The third kappa shape index (κ3) is 3.19. The lowest BCUT2D eigenvalue weighted by Gasteiger charge is -2.30. The van der Waals surface area contributed by atoms with Crippen molar-refractivity contribution in [1.82, 2.24) is 9.97 Å². The van der Waals surface area contributed by atoms with Crippen LogP contribution in [0, 0.1) is 12.8 Å². The molecule has 0 spiro atoms. The van der Waals surface area contributed by atoms with Crippen LogP contribution in [0.2, 0.25) is 0 Å². The Hall–Kier alpha value is -1.16. The van der Waals surface area contributed by atoms with Gasteiger partial charge < -0.3 is 10.5 Å². The van der Waals surface area contributed by atoms with Crippen molar-refractivity contribution in [2.45, 2.75) is 58.6 Å². The van der Waals surface area contributed by atoms with E-state index in [4.69, 9.17) is 10.5 Å². The summed E-state index contributed by atoms with van der Waals surface area (Å²) < 4.78 is 6.00. The minimum Gasteiger partial charge on any atom is -0.460 e. The predicted molar refractivity (Wildman–Crippen MR) is 71.3 cm³/mol. The normalized spacial score (nSPS) is 23.9. The second kappa shape index (κ2) is 6.14. The van der Waals surface area contributed by atoms with Gasteiger partial charge in [0.05, 0.1) is 5.69 Å². The molecule has 1 aromatic heterocycles. The molecular weight excluding hydrogens is 226 g/mol. The Morgan fingerprint density at radius 2 is 2.11 bits per heavy atom. The second-order valence-corrected chi connectivity index (χ2v) is 5.10. The second-order valence-electron chi connectivity index (χ2n) is 5.10. The molecule has 1 heterocycles. The third-order valence-electron chi connectivity index (χ3n) is 3.72. The molecule has 2 N–H and O–H groups in total. The Morgan fingerprint density at radius 1 is 1.33 bits per heavy atom. The molecule has 1 saturated carbocycles. The van der Waals surface area contributed by atoms with Gasteiger partial charge in [0.15, 0.2) is 0 Å². The summed E-state index contributed by atoms with van der Waals surface area (Å²) in [5.41, 5.74) is 7.40. The third-order valence-corrected chi connectivity index (χ3v) is 3.72. The SMILES string of the molecule is CCC1CCCCC1Oc1nc(C)cc(CN)n1. The predicted octanol–water partition coefficient (Wildman–Crippen LogP) is 2.59. The molecule has 1 aromatic rings. The summed E-state index contributed by atoms with van der Waals surface area (Å²) in [6.07, 6.45) is 6.39. The first-order chi connectivity index (χ1) is 8.72. The van der Waals surface area contributed by atoms with Crippen LogP contribution in [0.4, 0.5) is 0 Å². The van der Waals surface area contributed by atoms with Crippen LogP contribution in [0.3, 0.4) is 0 Å². The fourth-order valence-corrected chi connectivity index (χ4v) is 2.69. The van der Waals surface area contributed by atoms with Crippen molar-refractivity contribution in [3.8, 4) is 6.01 Å². The van der Waals surface area contributed by atoms with Gasteiger partial charge in [0, 0.05) is 12.2 Å². The van der Waals surface area contributed by atoms with Crippen LogP contribution in [0.15, 0.2) is 6.07 Å². The van der Waals surface area contributed by atoms with Crippen molar-refractivity contribution in [2.75, 3.05) is 0 Å². The average Bonchev–Trinajstić information content (AvgIpc) is 2.38. The van der Waals surface area contributed by atoms with E-state index in [1.54, 1.807) is 0 Å². The summed E-state index contributed by atoms with van der Waals surface area (Å²) in [6.45, 7) is 4.61. The molecule has 2 rings (SSSR count). The van der Waals surface area contributed by atoms with Crippen LogP contribution in [0.1, 0.15) is 50.4 Å². The van der Waals surface area contributed by atoms with Crippen molar-refractivity contribution >= 4 is 0 Å². The van der Waals surface area contributed by atoms with Gasteiger partial charge in [-0.25, -0.2) is 4.98 Å². The van der Waals surface area contributed by atoms with Gasteiger partial charge in [-0.1, -0.05) is 13.3 Å². The fourth-order valence-electron chi connectivity index (χ4n) is 2.69. The van der Waals surface area contributed by atoms with E-state index in [1.165, 1.54) is 25.7 Å². The molecule has 0 bridgehead atoms. The van der Waals surface area contributed by atoms with E-state index in [0.717, 1.165) is 17.8 Å². The lowest BCUT2D eigenvalue weighted by Crippen LogP contribution is -2.30. The van der Waals surface area contributed by atoms with Gasteiger partial charge in [-0.15, -0.1) is 0 Å². The molecular formula is C14H23N3O. The summed E-state index contributed by atoms with van der Waals surface area (Å²) in [5.74, 6) is 0.643. The Bertz CT molecular complexity index is 395. The molecule has 0 saturated heterocycles.